The van der Waals surface area contributed by atoms with E-state index in [1.54, 1.807) is 0 Å². The van der Waals surface area contributed by atoms with E-state index in [4.69, 9.17) is 9.36 Å². The molecule has 0 spiro atoms. The number of rotatable bonds is 6. The predicted molar refractivity (Wildman–Crippen MR) is 71.9 cm³/mol. The van der Waals surface area contributed by atoms with Gasteiger partial charge in [0.05, 0.1) is 13.2 Å². The highest BCUT2D eigenvalue weighted by atomic mass is 31.0. The lowest BCUT2D eigenvalue weighted by atomic mass is 10.2. The summed E-state index contributed by atoms with van der Waals surface area (Å²) in [5, 5.41) is 3.98. The van der Waals surface area contributed by atoms with Crippen LogP contribution in [0.4, 0.5) is 0 Å². The van der Waals surface area contributed by atoms with Crippen molar-refractivity contribution < 1.29 is 19.0 Å². The number of hydroxylamine groups is 2. The van der Waals surface area contributed by atoms with Crippen molar-refractivity contribution in [1.82, 2.24) is 14.8 Å². The standard InChI is InChI=1S/C11H16N3O5P/c15-7-8-2-1-3-14(8)19-11(17)9-6-12-13(10(9)16)4-5-18-20/h6-8,12H,1-5,20H2/t8-/m0/s1. The maximum absolute atomic E-state index is 11.9. The Hall–Kier alpha value is -1.50. The molecule has 110 valence electrons. The molecule has 1 aliphatic rings. The fourth-order valence-corrected chi connectivity index (χ4v) is 2.14. The number of H-pyrrole nitrogens is 1. The SMILES string of the molecule is O=C[C@@H]1CCCN1OC(=O)c1c[nH]n(CCOP)c1=O. The highest BCUT2D eigenvalue weighted by Crippen LogP contribution is 2.16. The second kappa shape index (κ2) is 6.78. The molecule has 0 aromatic carbocycles. The van der Waals surface area contributed by atoms with Gasteiger partial charge in [0.2, 0.25) is 0 Å². The molecule has 8 nitrogen and oxygen atoms in total. The molecule has 0 amide bonds. The highest BCUT2D eigenvalue weighted by Gasteiger charge is 2.29. The van der Waals surface area contributed by atoms with Gasteiger partial charge in [-0.15, -0.1) is 5.06 Å². The Labute approximate surface area is 117 Å². The van der Waals surface area contributed by atoms with E-state index in [0.717, 1.165) is 12.7 Å². The number of hydrogen-bond donors (Lipinski definition) is 1. The van der Waals surface area contributed by atoms with Gasteiger partial charge in [0.1, 0.15) is 17.9 Å². The van der Waals surface area contributed by atoms with Gasteiger partial charge >= 0.3 is 5.97 Å². The van der Waals surface area contributed by atoms with Gasteiger partial charge in [-0.3, -0.25) is 9.48 Å². The third-order valence-electron chi connectivity index (χ3n) is 3.10. The Kier molecular flexibility index (Phi) is 5.05. The molecule has 1 aromatic heterocycles. The van der Waals surface area contributed by atoms with E-state index in [2.05, 4.69) is 14.6 Å². The summed E-state index contributed by atoms with van der Waals surface area (Å²) in [4.78, 5) is 39.7. The monoisotopic (exact) mass is 301 g/mol. The average Bonchev–Trinajstić information content (AvgIpc) is 3.03. The molecule has 0 bridgehead atoms. The number of aromatic nitrogens is 2. The largest absolute Gasteiger partial charge is 0.364 e. The van der Waals surface area contributed by atoms with Gasteiger partial charge < -0.3 is 19.3 Å². The summed E-state index contributed by atoms with van der Waals surface area (Å²) < 4.78 is 6.03. The van der Waals surface area contributed by atoms with Crippen LogP contribution in [0.25, 0.3) is 0 Å². The Balaban J connectivity index is 2.04. The molecule has 0 radical (unpaired) electrons. The summed E-state index contributed by atoms with van der Waals surface area (Å²) >= 11 is 0. The Bertz CT molecular complexity index is 540. The van der Waals surface area contributed by atoms with E-state index >= 15 is 0 Å². The van der Waals surface area contributed by atoms with Gasteiger partial charge in [-0.05, 0) is 12.8 Å². The molecule has 1 aromatic rings. The number of aldehydes is 1. The molecule has 1 aliphatic heterocycles. The van der Waals surface area contributed by atoms with Crippen LogP contribution in [0.15, 0.2) is 11.0 Å². The van der Waals surface area contributed by atoms with Crippen molar-refractivity contribution in [2.75, 3.05) is 13.2 Å². The van der Waals surface area contributed by atoms with Crippen molar-refractivity contribution in [1.29, 1.82) is 0 Å². The lowest BCUT2D eigenvalue weighted by Crippen LogP contribution is -2.34. The molecule has 2 atom stereocenters. The molecular weight excluding hydrogens is 285 g/mol. The molecule has 1 N–H and O–H groups in total. The van der Waals surface area contributed by atoms with Crippen LogP contribution in [-0.2, 0) is 20.7 Å². The Morgan fingerprint density at radius 2 is 2.40 bits per heavy atom. The summed E-state index contributed by atoms with van der Waals surface area (Å²) in [5.74, 6) is -0.759. The number of carbonyl (C=O) groups is 2. The van der Waals surface area contributed by atoms with Crippen molar-refractivity contribution >= 4 is 21.7 Å². The summed E-state index contributed by atoms with van der Waals surface area (Å²) in [5.41, 5.74) is -0.566. The molecule has 1 unspecified atom stereocenters. The first-order valence-corrected chi connectivity index (χ1v) is 6.68. The van der Waals surface area contributed by atoms with Crippen molar-refractivity contribution in [2.45, 2.75) is 25.4 Å². The lowest BCUT2D eigenvalue weighted by molar-refractivity contribution is -0.137. The first-order valence-electron chi connectivity index (χ1n) is 6.21. The zero-order valence-electron chi connectivity index (χ0n) is 10.8. The van der Waals surface area contributed by atoms with Crippen molar-refractivity contribution in [3.8, 4) is 0 Å². The van der Waals surface area contributed by atoms with Gasteiger partial charge in [0.25, 0.3) is 5.56 Å². The van der Waals surface area contributed by atoms with E-state index < -0.39 is 17.6 Å². The van der Waals surface area contributed by atoms with E-state index in [9.17, 15) is 14.4 Å². The topological polar surface area (TPSA) is 93.6 Å². The van der Waals surface area contributed by atoms with Crippen LogP contribution in [0, 0.1) is 0 Å². The van der Waals surface area contributed by atoms with Crippen molar-refractivity contribution in [2.24, 2.45) is 0 Å². The number of hydrogen-bond acceptors (Lipinski definition) is 6. The smallest absolute Gasteiger partial charge is 0.364 e. The number of nitrogens with one attached hydrogen (secondary N) is 1. The second-order valence-corrected chi connectivity index (χ2v) is 4.71. The average molecular weight is 301 g/mol. The van der Waals surface area contributed by atoms with Gasteiger partial charge in [-0.2, -0.15) is 0 Å². The summed E-state index contributed by atoms with van der Waals surface area (Å²) in [6.45, 7) is 1.11. The quantitative estimate of drug-likeness (QED) is 0.573. The molecule has 20 heavy (non-hydrogen) atoms. The third kappa shape index (κ3) is 3.15. The van der Waals surface area contributed by atoms with Crippen LogP contribution in [0.2, 0.25) is 0 Å². The van der Waals surface area contributed by atoms with Crippen LogP contribution in [-0.4, -0.2) is 46.3 Å². The van der Waals surface area contributed by atoms with E-state index in [0.29, 0.717) is 26.1 Å². The van der Waals surface area contributed by atoms with Crippen LogP contribution in [0.1, 0.15) is 23.2 Å². The molecule has 1 fully saturated rings. The second-order valence-electron chi connectivity index (χ2n) is 4.38. The lowest BCUT2D eigenvalue weighted by Gasteiger charge is -2.17. The maximum atomic E-state index is 11.9. The third-order valence-corrected chi connectivity index (χ3v) is 3.33. The van der Waals surface area contributed by atoms with Crippen molar-refractivity contribution in [3.63, 3.8) is 0 Å². The molecule has 2 rings (SSSR count). The highest BCUT2D eigenvalue weighted by molar-refractivity contribution is 7.09. The normalized spacial score (nSPS) is 19.1. The summed E-state index contributed by atoms with van der Waals surface area (Å²) in [7, 11) is 2.08. The van der Waals surface area contributed by atoms with E-state index in [1.165, 1.54) is 15.9 Å². The fourth-order valence-electron chi connectivity index (χ4n) is 2.04. The van der Waals surface area contributed by atoms with Gasteiger partial charge in [-0.1, -0.05) is 0 Å². The molecule has 0 aliphatic carbocycles. The number of carbonyl (C=O) groups excluding carboxylic acids is 2. The zero-order valence-corrected chi connectivity index (χ0v) is 11.9. The molecular formula is C11H16N3O5P. The van der Waals surface area contributed by atoms with Crippen LogP contribution < -0.4 is 5.56 Å². The minimum atomic E-state index is -0.759. The molecule has 2 heterocycles. The van der Waals surface area contributed by atoms with Gasteiger partial charge in [-0.25, -0.2) is 4.79 Å². The Morgan fingerprint density at radius 1 is 1.60 bits per heavy atom. The first kappa shape index (κ1) is 14.9. The van der Waals surface area contributed by atoms with Crippen LogP contribution in [0.3, 0.4) is 0 Å². The summed E-state index contributed by atoms with van der Waals surface area (Å²) in [6.07, 6.45) is 3.46. The zero-order chi connectivity index (χ0) is 14.5. The first-order chi connectivity index (χ1) is 9.67. The predicted octanol–water partition coefficient (Wildman–Crippen LogP) is -0.282. The Morgan fingerprint density at radius 3 is 3.10 bits per heavy atom. The molecule has 0 saturated carbocycles. The van der Waals surface area contributed by atoms with Crippen LogP contribution >= 0.6 is 9.47 Å². The number of aromatic amines is 1. The van der Waals surface area contributed by atoms with Crippen LogP contribution in [0.5, 0.6) is 0 Å². The maximum Gasteiger partial charge on any atom is 0.364 e. The number of nitrogens with zero attached hydrogens (tertiary/aromatic N) is 2. The summed E-state index contributed by atoms with van der Waals surface area (Å²) in [6, 6.07) is -0.425. The van der Waals surface area contributed by atoms with Crippen molar-refractivity contribution in [3.05, 3.63) is 22.1 Å². The van der Waals surface area contributed by atoms with Gasteiger partial charge in [0.15, 0.2) is 0 Å². The molecule has 9 heteroatoms. The molecule has 1 saturated heterocycles. The van der Waals surface area contributed by atoms with Gasteiger partial charge in [0, 0.05) is 22.2 Å². The minimum Gasteiger partial charge on any atom is -0.364 e. The van der Waals surface area contributed by atoms with E-state index in [1.807, 2.05) is 0 Å². The minimum absolute atomic E-state index is 0.0923. The fraction of sp³-hybridized carbons (Fsp3) is 0.545. The van der Waals surface area contributed by atoms with E-state index in [-0.39, 0.29) is 5.56 Å².